The summed E-state index contributed by atoms with van der Waals surface area (Å²) in [5, 5.41) is 3.26. The summed E-state index contributed by atoms with van der Waals surface area (Å²) in [5.74, 6) is 0. The second-order valence-electron chi connectivity index (χ2n) is 6.20. The standard InChI is InChI=1S/C16H24N2O2S/c1-18(15-6-4-2-3-5-7-15)21(19,20)16-9-8-13-11-17-12-14(13)10-16/h8-10,15,17H,2-7,11-12H2,1H3. The molecule has 0 unspecified atom stereocenters. The van der Waals surface area contributed by atoms with Crippen LogP contribution in [0.5, 0.6) is 0 Å². The summed E-state index contributed by atoms with van der Waals surface area (Å²) < 4.78 is 27.3. The van der Waals surface area contributed by atoms with Crippen molar-refractivity contribution in [2.24, 2.45) is 0 Å². The average Bonchev–Trinajstić information content (AvgIpc) is 2.78. The van der Waals surface area contributed by atoms with Crippen molar-refractivity contribution in [2.75, 3.05) is 7.05 Å². The smallest absolute Gasteiger partial charge is 0.243 e. The van der Waals surface area contributed by atoms with E-state index in [1.807, 2.05) is 12.1 Å². The quantitative estimate of drug-likeness (QED) is 0.873. The molecule has 1 fully saturated rings. The maximum atomic E-state index is 12.8. The van der Waals surface area contributed by atoms with Gasteiger partial charge in [0.25, 0.3) is 0 Å². The molecule has 0 bridgehead atoms. The molecule has 1 saturated carbocycles. The van der Waals surface area contributed by atoms with Crippen LogP contribution < -0.4 is 5.32 Å². The van der Waals surface area contributed by atoms with Gasteiger partial charge < -0.3 is 5.32 Å². The third kappa shape index (κ3) is 3.00. The number of rotatable bonds is 3. The van der Waals surface area contributed by atoms with Crippen molar-refractivity contribution in [1.82, 2.24) is 9.62 Å². The van der Waals surface area contributed by atoms with E-state index < -0.39 is 10.0 Å². The number of hydrogen-bond donors (Lipinski definition) is 1. The molecule has 1 aliphatic carbocycles. The first-order valence-electron chi connectivity index (χ1n) is 7.89. The molecule has 0 saturated heterocycles. The fourth-order valence-electron chi connectivity index (χ4n) is 3.42. The van der Waals surface area contributed by atoms with Crippen LogP contribution in [0.1, 0.15) is 49.7 Å². The Morgan fingerprint density at radius 1 is 1.05 bits per heavy atom. The van der Waals surface area contributed by atoms with Crippen LogP contribution in [-0.2, 0) is 23.1 Å². The van der Waals surface area contributed by atoms with Gasteiger partial charge in [-0.15, -0.1) is 0 Å². The maximum Gasteiger partial charge on any atom is 0.243 e. The van der Waals surface area contributed by atoms with Crippen LogP contribution in [0.2, 0.25) is 0 Å². The van der Waals surface area contributed by atoms with Crippen LogP contribution >= 0.6 is 0 Å². The summed E-state index contributed by atoms with van der Waals surface area (Å²) in [5.41, 5.74) is 2.33. The summed E-state index contributed by atoms with van der Waals surface area (Å²) in [7, 11) is -1.62. The van der Waals surface area contributed by atoms with Crippen LogP contribution in [-0.4, -0.2) is 25.8 Å². The molecule has 3 rings (SSSR count). The Balaban J connectivity index is 1.85. The molecule has 5 heteroatoms. The van der Waals surface area contributed by atoms with Crippen molar-refractivity contribution in [3.63, 3.8) is 0 Å². The number of benzene rings is 1. The highest BCUT2D eigenvalue weighted by molar-refractivity contribution is 7.89. The van der Waals surface area contributed by atoms with Crippen LogP contribution in [0.15, 0.2) is 23.1 Å². The Hall–Kier alpha value is -0.910. The zero-order chi connectivity index (χ0) is 14.9. The highest BCUT2D eigenvalue weighted by atomic mass is 32.2. The lowest BCUT2D eigenvalue weighted by Gasteiger charge is -2.26. The number of sulfonamides is 1. The van der Waals surface area contributed by atoms with Crippen LogP contribution in [0.3, 0.4) is 0 Å². The average molecular weight is 308 g/mol. The van der Waals surface area contributed by atoms with Crippen molar-refractivity contribution in [3.8, 4) is 0 Å². The molecule has 2 aliphatic rings. The van der Waals surface area contributed by atoms with Gasteiger partial charge in [0.1, 0.15) is 0 Å². The normalized spacial score (nSPS) is 20.5. The summed E-state index contributed by atoms with van der Waals surface area (Å²) in [6, 6.07) is 5.71. The van der Waals surface area contributed by atoms with Gasteiger partial charge in [-0.25, -0.2) is 8.42 Å². The van der Waals surface area contributed by atoms with Gasteiger partial charge in [-0.05, 0) is 36.1 Å². The van der Waals surface area contributed by atoms with Gasteiger partial charge in [-0.1, -0.05) is 31.7 Å². The molecule has 1 heterocycles. The Morgan fingerprint density at radius 3 is 2.43 bits per heavy atom. The summed E-state index contributed by atoms with van der Waals surface area (Å²) in [4.78, 5) is 0.441. The van der Waals surface area contributed by atoms with Crippen molar-refractivity contribution in [3.05, 3.63) is 29.3 Å². The molecule has 0 spiro atoms. The predicted octanol–water partition coefficient (Wildman–Crippen LogP) is 2.63. The second kappa shape index (κ2) is 6.07. The van der Waals surface area contributed by atoms with Gasteiger partial charge in [-0.3, -0.25) is 0 Å². The minimum Gasteiger partial charge on any atom is -0.309 e. The lowest BCUT2D eigenvalue weighted by Crippen LogP contribution is -2.36. The molecule has 1 N–H and O–H groups in total. The van der Waals surface area contributed by atoms with E-state index in [0.29, 0.717) is 4.90 Å². The van der Waals surface area contributed by atoms with Crippen molar-refractivity contribution in [1.29, 1.82) is 0 Å². The Bertz CT molecular complexity index is 605. The van der Waals surface area contributed by atoms with Gasteiger partial charge in [0.15, 0.2) is 0 Å². The highest BCUT2D eigenvalue weighted by Gasteiger charge is 2.29. The summed E-state index contributed by atoms with van der Waals surface area (Å²) in [6.45, 7) is 1.61. The molecular weight excluding hydrogens is 284 g/mol. The minimum atomic E-state index is -3.37. The van der Waals surface area contributed by atoms with E-state index in [-0.39, 0.29) is 6.04 Å². The molecule has 21 heavy (non-hydrogen) atoms. The molecular formula is C16H24N2O2S. The number of nitrogens with one attached hydrogen (secondary N) is 1. The molecule has 0 radical (unpaired) electrons. The van der Waals surface area contributed by atoms with Crippen LogP contribution in [0.4, 0.5) is 0 Å². The zero-order valence-electron chi connectivity index (χ0n) is 12.6. The first kappa shape index (κ1) is 15.0. The van der Waals surface area contributed by atoms with E-state index in [2.05, 4.69) is 5.32 Å². The second-order valence-corrected chi connectivity index (χ2v) is 8.20. The lowest BCUT2D eigenvalue weighted by molar-refractivity contribution is 0.335. The van der Waals surface area contributed by atoms with E-state index in [0.717, 1.165) is 44.3 Å². The molecule has 116 valence electrons. The Labute approximate surface area is 127 Å². The number of hydrogen-bond acceptors (Lipinski definition) is 3. The monoisotopic (exact) mass is 308 g/mol. The van der Waals surface area contributed by atoms with E-state index >= 15 is 0 Å². The molecule has 0 amide bonds. The SMILES string of the molecule is CN(C1CCCCCC1)S(=O)(=O)c1ccc2c(c1)CNC2. The third-order valence-corrected chi connectivity index (χ3v) is 6.73. The maximum absolute atomic E-state index is 12.8. The van der Waals surface area contributed by atoms with E-state index in [4.69, 9.17) is 0 Å². The van der Waals surface area contributed by atoms with Gasteiger partial charge in [0.2, 0.25) is 10.0 Å². The van der Waals surface area contributed by atoms with E-state index in [1.54, 1.807) is 17.4 Å². The molecule has 1 aliphatic heterocycles. The lowest BCUT2D eigenvalue weighted by atomic mass is 10.1. The minimum absolute atomic E-state index is 0.156. The number of nitrogens with zero attached hydrogens (tertiary/aromatic N) is 1. The third-order valence-electron chi connectivity index (χ3n) is 4.82. The Morgan fingerprint density at radius 2 is 1.71 bits per heavy atom. The topological polar surface area (TPSA) is 49.4 Å². The van der Waals surface area contributed by atoms with Crippen molar-refractivity contribution < 1.29 is 8.42 Å². The molecule has 0 atom stereocenters. The fourth-order valence-corrected chi connectivity index (χ4v) is 4.88. The number of fused-ring (bicyclic) bond motifs is 1. The largest absolute Gasteiger partial charge is 0.309 e. The van der Waals surface area contributed by atoms with E-state index in [9.17, 15) is 8.42 Å². The molecule has 4 nitrogen and oxygen atoms in total. The van der Waals surface area contributed by atoms with Crippen molar-refractivity contribution in [2.45, 2.75) is 62.6 Å². The molecule has 1 aromatic carbocycles. The predicted molar refractivity (Wildman–Crippen MR) is 83.4 cm³/mol. The fraction of sp³-hybridized carbons (Fsp3) is 0.625. The van der Waals surface area contributed by atoms with Gasteiger partial charge in [-0.2, -0.15) is 4.31 Å². The first-order chi connectivity index (χ1) is 10.1. The summed E-state index contributed by atoms with van der Waals surface area (Å²) >= 11 is 0. The Kier molecular flexibility index (Phi) is 4.33. The first-order valence-corrected chi connectivity index (χ1v) is 9.33. The van der Waals surface area contributed by atoms with Crippen molar-refractivity contribution >= 4 is 10.0 Å². The molecule has 1 aromatic rings. The molecule has 0 aromatic heterocycles. The van der Waals surface area contributed by atoms with Crippen LogP contribution in [0.25, 0.3) is 0 Å². The van der Waals surface area contributed by atoms with Gasteiger partial charge in [0.05, 0.1) is 4.90 Å². The van der Waals surface area contributed by atoms with E-state index in [1.165, 1.54) is 18.4 Å². The zero-order valence-corrected chi connectivity index (χ0v) is 13.5. The summed E-state index contributed by atoms with van der Waals surface area (Å²) in [6.07, 6.45) is 6.71. The highest BCUT2D eigenvalue weighted by Crippen LogP contribution is 2.27. The van der Waals surface area contributed by atoms with Gasteiger partial charge >= 0.3 is 0 Å². The van der Waals surface area contributed by atoms with Crippen LogP contribution in [0, 0.1) is 0 Å². The van der Waals surface area contributed by atoms with Gasteiger partial charge in [0, 0.05) is 26.2 Å².